The smallest absolute Gasteiger partial charge is 0.433 e. The minimum absolute atomic E-state index is 0.142. The van der Waals surface area contributed by atoms with Crippen molar-refractivity contribution in [2.75, 3.05) is 0 Å². The summed E-state index contributed by atoms with van der Waals surface area (Å²) in [5.41, 5.74) is 0. The van der Waals surface area contributed by atoms with Crippen molar-refractivity contribution in [3.8, 4) is 0 Å². The standard InChI is InChI=1S/O3Si3/c4-1-2-6-3-5. The Morgan fingerprint density at radius 1 is 1.33 bits per heavy atom. The second-order valence-electron chi connectivity index (χ2n) is 0.352. The van der Waals surface area contributed by atoms with Crippen LogP contribution in [0.25, 0.3) is 0 Å². The zero-order valence-corrected chi connectivity index (χ0v) is 5.72. The van der Waals surface area contributed by atoms with Crippen LogP contribution in [0.1, 0.15) is 0 Å². The van der Waals surface area contributed by atoms with Crippen molar-refractivity contribution >= 4 is 31.0 Å². The van der Waals surface area contributed by atoms with E-state index >= 15 is 0 Å². The Hall–Kier alpha value is 0.531. The average Bonchev–Trinajstić information content (AvgIpc) is 1.61. The fourth-order valence-electron chi connectivity index (χ4n) is 0.0340. The molecular formula is O3Si3. The second-order valence-corrected chi connectivity index (χ2v) is 1.67. The minimum atomic E-state index is -0.142. The Kier molecular flexibility index (Phi) is 6.02. The molecule has 0 atom stereocenters. The molecule has 0 aliphatic carbocycles. The highest BCUT2D eigenvalue weighted by Crippen LogP contribution is 1.63. The molecule has 0 fully saturated rings. The summed E-state index contributed by atoms with van der Waals surface area (Å²) in [7, 11) is 5.11. The van der Waals surface area contributed by atoms with Crippen molar-refractivity contribution in [3.63, 3.8) is 0 Å². The highest BCUT2D eigenvalue weighted by molar-refractivity contribution is 6.27. The second kappa shape index (κ2) is 5.53. The maximum Gasteiger partial charge on any atom is 0.459 e. The SMILES string of the molecule is [Si]OO[Si]O[Si]. The van der Waals surface area contributed by atoms with Crippen molar-refractivity contribution in [1.29, 1.82) is 0 Å². The molecule has 0 aromatic heterocycles. The molecular weight excluding hydrogens is 132 g/mol. The molecule has 0 aromatic rings. The quantitative estimate of drug-likeness (QED) is 0.206. The van der Waals surface area contributed by atoms with Gasteiger partial charge in [0.05, 0.1) is 0 Å². The highest BCUT2D eigenvalue weighted by Gasteiger charge is 1.81. The molecule has 0 N–H and O–H groups in total. The van der Waals surface area contributed by atoms with E-state index in [-0.39, 0.29) is 10.0 Å². The van der Waals surface area contributed by atoms with E-state index in [2.05, 4.69) is 34.2 Å². The van der Waals surface area contributed by atoms with Gasteiger partial charge in [0.15, 0.2) is 0 Å². The van der Waals surface area contributed by atoms with Gasteiger partial charge in [0.1, 0.15) is 0 Å². The van der Waals surface area contributed by atoms with Crippen LogP contribution in [0.4, 0.5) is 0 Å². The van der Waals surface area contributed by atoms with Crippen molar-refractivity contribution in [2.45, 2.75) is 0 Å². The molecule has 3 nitrogen and oxygen atoms in total. The summed E-state index contributed by atoms with van der Waals surface area (Å²) in [6.07, 6.45) is 0. The number of hydrogen-bond acceptors (Lipinski definition) is 3. The van der Waals surface area contributed by atoms with Crippen LogP contribution in [0.5, 0.6) is 0 Å². The summed E-state index contributed by atoms with van der Waals surface area (Å²) in [5.74, 6) is 0. The molecule has 8 radical (unpaired) electrons. The van der Waals surface area contributed by atoms with Crippen LogP contribution < -0.4 is 0 Å². The molecule has 0 spiro atoms. The van der Waals surface area contributed by atoms with E-state index in [1.54, 1.807) is 0 Å². The van der Waals surface area contributed by atoms with Crippen LogP contribution in [0.15, 0.2) is 0 Å². The van der Waals surface area contributed by atoms with Crippen LogP contribution in [-0.4, -0.2) is 31.0 Å². The van der Waals surface area contributed by atoms with E-state index in [4.69, 9.17) is 0 Å². The summed E-state index contributed by atoms with van der Waals surface area (Å²) < 4.78 is 12.3. The summed E-state index contributed by atoms with van der Waals surface area (Å²) >= 11 is 0. The van der Waals surface area contributed by atoms with Gasteiger partial charge in [-0.05, 0) is 0 Å². The van der Waals surface area contributed by atoms with Crippen molar-refractivity contribution < 1.29 is 13.3 Å². The predicted molar refractivity (Wildman–Crippen MR) is 20.5 cm³/mol. The first-order valence-corrected chi connectivity index (χ1v) is 2.62. The van der Waals surface area contributed by atoms with E-state index in [1.807, 2.05) is 0 Å². The predicted octanol–water partition coefficient (Wildman–Crippen LogP) is -1.35. The molecule has 0 bridgehead atoms. The maximum absolute atomic E-state index is 4.24. The zero-order chi connectivity index (χ0) is 4.83. The Morgan fingerprint density at radius 2 is 2.00 bits per heavy atom. The van der Waals surface area contributed by atoms with Gasteiger partial charge in [-0.3, -0.25) is 9.15 Å². The fourth-order valence-corrected chi connectivity index (χ4v) is 0.306. The molecule has 0 saturated carbocycles. The van der Waals surface area contributed by atoms with Gasteiger partial charge < -0.3 is 4.12 Å². The average molecular weight is 132 g/mol. The molecule has 0 unspecified atom stereocenters. The molecule has 0 aliphatic rings. The van der Waals surface area contributed by atoms with Crippen molar-refractivity contribution in [3.05, 3.63) is 0 Å². The first-order chi connectivity index (χ1) is 2.91. The molecule has 0 amide bonds. The monoisotopic (exact) mass is 132 g/mol. The van der Waals surface area contributed by atoms with Gasteiger partial charge in [-0.1, -0.05) is 0 Å². The summed E-state index contributed by atoms with van der Waals surface area (Å²) in [6, 6.07) is 0. The van der Waals surface area contributed by atoms with Gasteiger partial charge >= 0.3 is 20.5 Å². The van der Waals surface area contributed by atoms with Crippen molar-refractivity contribution in [1.82, 2.24) is 0 Å². The van der Waals surface area contributed by atoms with Gasteiger partial charge in [0, 0.05) is 0 Å². The van der Waals surface area contributed by atoms with Crippen LogP contribution >= 0.6 is 0 Å². The molecule has 6 heteroatoms. The summed E-state index contributed by atoms with van der Waals surface area (Å²) in [4.78, 5) is 0. The Labute approximate surface area is 45.1 Å². The molecule has 30 valence electrons. The van der Waals surface area contributed by atoms with E-state index in [1.165, 1.54) is 0 Å². The molecule has 0 aromatic carbocycles. The fraction of sp³-hybridized carbons (Fsp3) is 0. The molecule has 0 saturated heterocycles. The lowest BCUT2D eigenvalue weighted by molar-refractivity contribution is -0.103. The maximum atomic E-state index is 4.24. The van der Waals surface area contributed by atoms with E-state index in [9.17, 15) is 0 Å². The largest absolute Gasteiger partial charge is 0.459 e. The van der Waals surface area contributed by atoms with Crippen LogP contribution in [0, 0.1) is 0 Å². The Bertz CT molecular complexity index is 18.0. The Balaban J connectivity index is 2.34. The highest BCUT2D eigenvalue weighted by atomic mass is 28.3. The van der Waals surface area contributed by atoms with E-state index in [0.717, 1.165) is 0 Å². The molecule has 0 heterocycles. The lowest BCUT2D eigenvalue weighted by Crippen LogP contribution is -2.00. The summed E-state index contributed by atoms with van der Waals surface area (Å²) in [6.45, 7) is 0. The normalized spacial score (nSPS) is 9.00. The Morgan fingerprint density at radius 3 is 2.17 bits per heavy atom. The minimum Gasteiger partial charge on any atom is -0.433 e. The number of hydrogen-bond donors (Lipinski definition) is 0. The zero-order valence-electron chi connectivity index (χ0n) is 2.72. The van der Waals surface area contributed by atoms with E-state index in [0.29, 0.717) is 0 Å². The van der Waals surface area contributed by atoms with Gasteiger partial charge in [-0.15, -0.1) is 0 Å². The third-order valence-corrected chi connectivity index (χ3v) is 0.852. The van der Waals surface area contributed by atoms with Gasteiger partial charge in [-0.25, -0.2) is 0 Å². The van der Waals surface area contributed by atoms with Crippen molar-refractivity contribution in [2.24, 2.45) is 0 Å². The van der Waals surface area contributed by atoms with E-state index < -0.39 is 0 Å². The first kappa shape index (κ1) is 6.53. The first-order valence-electron chi connectivity index (χ1n) is 0.983. The summed E-state index contributed by atoms with van der Waals surface area (Å²) in [5, 5.41) is 0. The third kappa shape index (κ3) is 4.53. The lowest BCUT2D eigenvalue weighted by atomic mass is 14.9. The topological polar surface area (TPSA) is 27.7 Å². The molecule has 0 aliphatic heterocycles. The van der Waals surface area contributed by atoms with Gasteiger partial charge in [0.2, 0.25) is 10.5 Å². The van der Waals surface area contributed by atoms with Gasteiger partial charge in [0.25, 0.3) is 0 Å². The third-order valence-electron chi connectivity index (χ3n) is 0.117. The van der Waals surface area contributed by atoms with Gasteiger partial charge in [-0.2, -0.15) is 0 Å². The van der Waals surface area contributed by atoms with Crippen LogP contribution in [-0.2, 0) is 13.3 Å². The molecule has 0 rings (SSSR count). The molecule has 6 heavy (non-hydrogen) atoms. The van der Waals surface area contributed by atoms with Crippen LogP contribution in [0.3, 0.4) is 0 Å². The lowest BCUT2D eigenvalue weighted by Gasteiger charge is -1.89. The van der Waals surface area contributed by atoms with Crippen LogP contribution in [0.2, 0.25) is 0 Å². The number of rotatable bonds is 3.